The lowest BCUT2D eigenvalue weighted by molar-refractivity contribution is 0.0710. The van der Waals surface area contributed by atoms with Crippen molar-refractivity contribution in [2.45, 2.75) is 32.1 Å². The largest absolute Gasteiger partial charge is 0.493 e. The maximum absolute atomic E-state index is 13.1. The number of carbonyl (C=O) groups is 1. The van der Waals surface area contributed by atoms with Crippen molar-refractivity contribution in [1.29, 1.82) is 0 Å². The van der Waals surface area contributed by atoms with Crippen molar-refractivity contribution >= 4 is 23.2 Å². The Bertz CT molecular complexity index is 1040. The fourth-order valence-corrected chi connectivity index (χ4v) is 4.11. The van der Waals surface area contributed by atoms with Crippen LogP contribution in [0.2, 0.25) is 5.02 Å². The van der Waals surface area contributed by atoms with Gasteiger partial charge in [0, 0.05) is 30.8 Å². The molecule has 1 aromatic carbocycles. The Morgan fingerprint density at radius 1 is 1.23 bits per heavy atom. The molecule has 1 aliphatic heterocycles. The third-order valence-corrected chi connectivity index (χ3v) is 5.70. The topological polar surface area (TPSA) is 69.0 Å². The summed E-state index contributed by atoms with van der Waals surface area (Å²) in [6.07, 6.45) is 4.52. The number of pyridine rings is 1. The maximum atomic E-state index is 13.1. The number of hydrogen-bond donors (Lipinski definition) is 0. The first-order valence-corrected chi connectivity index (χ1v) is 10.6. The van der Waals surface area contributed by atoms with Crippen LogP contribution < -0.4 is 9.47 Å². The molecular weight excluding hydrogens is 404 g/mol. The van der Waals surface area contributed by atoms with Gasteiger partial charge in [0.15, 0.2) is 17.1 Å². The molecule has 7 nitrogen and oxygen atoms in total. The number of rotatable bonds is 6. The summed E-state index contributed by atoms with van der Waals surface area (Å²) in [6, 6.07) is 9.24. The fourth-order valence-electron chi connectivity index (χ4n) is 3.85. The van der Waals surface area contributed by atoms with Crippen LogP contribution in [-0.2, 0) is 0 Å². The molecule has 1 saturated heterocycles. The SMILES string of the molecule is CCCOc1c(Cl)cc(C(=O)N2CCC(c3nnc4ccccn34)CC2)cc1OC. The van der Waals surface area contributed by atoms with Gasteiger partial charge in [-0.25, -0.2) is 0 Å². The minimum atomic E-state index is -0.0539. The second kappa shape index (κ2) is 8.92. The molecule has 3 heterocycles. The quantitative estimate of drug-likeness (QED) is 0.588. The molecule has 158 valence electrons. The number of hydrogen-bond acceptors (Lipinski definition) is 5. The zero-order chi connectivity index (χ0) is 21.1. The highest BCUT2D eigenvalue weighted by Gasteiger charge is 2.28. The van der Waals surface area contributed by atoms with Gasteiger partial charge in [0.2, 0.25) is 0 Å². The molecule has 4 rings (SSSR count). The summed E-state index contributed by atoms with van der Waals surface area (Å²) in [5.74, 6) is 2.13. The second-order valence-corrected chi connectivity index (χ2v) is 7.80. The molecule has 0 spiro atoms. The molecule has 30 heavy (non-hydrogen) atoms. The van der Waals surface area contributed by atoms with Crippen LogP contribution in [0.3, 0.4) is 0 Å². The number of nitrogens with zero attached hydrogens (tertiary/aromatic N) is 4. The van der Waals surface area contributed by atoms with Gasteiger partial charge in [0.25, 0.3) is 5.91 Å². The number of piperidine rings is 1. The molecule has 2 aromatic heterocycles. The van der Waals surface area contributed by atoms with Crippen LogP contribution in [0.15, 0.2) is 36.5 Å². The van der Waals surface area contributed by atoms with Gasteiger partial charge in [-0.15, -0.1) is 10.2 Å². The van der Waals surface area contributed by atoms with E-state index in [-0.39, 0.29) is 11.8 Å². The van der Waals surface area contributed by atoms with E-state index in [2.05, 4.69) is 10.2 Å². The maximum Gasteiger partial charge on any atom is 0.254 e. The second-order valence-electron chi connectivity index (χ2n) is 7.39. The van der Waals surface area contributed by atoms with E-state index in [4.69, 9.17) is 21.1 Å². The van der Waals surface area contributed by atoms with E-state index < -0.39 is 0 Å². The van der Waals surface area contributed by atoms with E-state index in [1.807, 2.05) is 40.6 Å². The third-order valence-electron chi connectivity index (χ3n) is 5.41. The number of methoxy groups -OCH3 is 1. The standard InChI is InChI=1S/C22H25ClN4O3/c1-3-12-30-20-17(23)13-16(14-18(20)29-2)22(28)26-10-7-15(8-11-26)21-25-24-19-6-4-5-9-27(19)21/h4-6,9,13-15H,3,7-8,10-12H2,1-2H3. The Morgan fingerprint density at radius 3 is 2.77 bits per heavy atom. The van der Waals surface area contributed by atoms with Crippen LogP contribution in [0.5, 0.6) is 11.5 Å². The number of ether oxygens (including phenoxy) is 2. The van der Waals surface area contributed by atoms with Crippen molar-refractivity contribution in [3.8, 4) is 11.5 Å². The molecule has 8 heteroatoms. The number of halogens is 1. The average molecular weight is 429 g/mol. The highest BCUT2D eigenvalue weighted by molar-refractivity contribution is 6.32. The number of likely N-dealkylation sites (tertiary alicyclic amines) is 1. The Hall–Kier alpha value is -2.80. The van der Waals surface area contributed by atoms with Crippen LogP contribution in [0, 0.1) is 0 Å². The van der Waals surface area contributed by atoms with Gasteiger partial charge in [-0.3, -0.25) is 9.20 Å². The molecule has 0 N–H and O–H groups in total. The van der Waals surface area contributed by atoms with E-state index >= 15 is 0 Å². The summed E-state index contributed by atoms with van der Waals surface area (Å²) >= 11 is 6.38. The highest BCUT2D eigenvalue weighted by atomic mass is 35.5. The predicted molar refractivity (Wildman–Crippen MR) is 115 cm³/mol. The van der Waals surface area contributed by atoms with Crippen molar-refractivity contribution < 1.29 is 14.3 Å². The molecule has 0 saturated carbocycles. The third kappa shape index (κ3) is 3.94. The molecule has 0 atom stereocenters. The normalized spacial score (nSPS) is 14.8. The summed E-state index contributed by atoms with van der Waals surface area (Å²) in [5.41, 5.74) is 1.35. The summed E-state index contributed by atoms with van der Waals surface area (Å²) in [4.78, 5) is 14.9. The van der Waals surface area contributed by atoms with Crippen molar-refractivity contribution in [3.05, 3.63) is 52.9 Å². The van der Waals surface area contributed by atoms with Gasteiger partial charge in [-0.2, -0.15) is 0 Å². The molecule has 0 bridgehead atoms. The molecule has 0 unspecified atom stereocenters. The van der Waals surface area contributed by atoms with E-state index in [0.717, 1.165) is 30.7 Å². The number of benzene rings is 1. The lowest BCUT2D eigenvalue weighted by Gasteiger charge is -2.31. The van der Waals surface area contributed by atoms with Crippen LogP contribution in [0.4, 0.5) is 0 Å². The number of carbonyl (C=O) groups excluding carboxylic acids is 1. The number of amides is 1. The Kier molecular flexibility index (Phi) is 6.08. The van der Waals surface area contributed by atoms with Crippen molar-refractivity contribution in [3.63, 3.8) is 0 Å². The van der Waals surface area contributed by atoms with Crippen LogP contribution in [-0.4, -0.2) is 52.2 Å². The summed E-state index contributed by atoms with van der Waals surface area (Å²) in [5, 5.41) is 9.01. The van der Waals surface area contributed by atoms with Crippen molar-refractivity contribution in [2.24, 2.45) is 0 Å². The van der Waals surface area contributed by atoms with Gasteiger partial charge >= 0.3 is 0 Å². The predicted octanol–water partition coefficient (Wildman–Crippen LogP) is 4.20. The van der Waals surface area contributed by atoms with Crippen LogP contribution in [0.25, 0.3) is 5.65 Å². The van der Waals surface area contributed by atoms with E-state index in [0.29, 0.717) is 41.8 Å². The zero-order valence-electron chi connectivity index (χ0n) is 17.2. The molecular formula is C22H25ClN4O3. The average Bonchev–Trinajstić information content (AvgIpc) is 3.21. The minimum absolute atomic E-state index is 0.0539. The van der Waals surface area contributed by atoms with Gasteiger partial charge in [-0.05, 0) is 43.5 Å². The molecule has 0 aliphatic carbocycles. The van der Waals surface area contributed by atoms with E-state index in [1.165, 1.54) is 0 Å². The molecule has 1 fully saturated rings. The fraction of sp³-hybridized carbons (Fsp3) is 0.409. The minimum Gasteiger partial charge on any atom is -0.493 e. The van der Waals surface area contributed by atoms with Crippen molar-refractivity contribution in [2.75, 3.05) is 26.8 Å². The molecule has 1 aliphatic rings. The van der Waals surface area contributed by atoms with E-state index in [9.17, 15) is 4.79 Å². The first-order chi connectivity index (χ1) is 14.6. The van der Waals surface area contributed by atoms with Gasteiger partial charge < -0.3 is 14.4 Å². The first kappa shape index (κ1) is 20.5. The van der Waals surface area contributed by atoms with Crippen molar-refractivity contribution in [1.82, 2.24) is 19.5 Å². The lowest BCUT2D eigenvalue weighted by Crippen LogP contribution is -2.38. The number of fused-ring (bicyclic) bond motifs is 1. The Labute approximate surface area is 180 Å². The smallest absolute Gasteiger partial charge is 0.254 e. The van der Waals surface area contributed by atoms with Gasteiger partial charge in [-0.1, -0.05) is 24.6 Å². The Balaban J connectivity index is 1.47. The summed E-state index contributed by atoms with van der Waals surface area (Å²) in [7, 11) is 1.55. The van der Waals surface area contributed by atoms with Crippen LogP contribution >= 0.6 is 11.6 Å². The summed E-state index contributed by atoms with van der Waals surface area (Å²) in [6.45, 7) is 3.86. The zero-order valence-corrected chi connectivity index (χ0v) is 17.9. The van der Waals surface area contributed by atoms with Gasteiger partial charge in [0.05, 0.1) is 18.7 Å². The monoisotopic (exact) mass is 428 g/mol. The van der Waals surface area contributed by atoms with E-state index in [1.54, 1.807) is 19.2 Å². The van der Waals surface area contributed by atoms with Crippen LogP contribution in [0.1, 0.15) is 48.3 Å². The highest BCUT2D eigenvalue weighted by Crippen LogP contribution is 2.37. The summed E-state index contributed by atoms with van der Waals surface area (Å²) < 4.78 is 13.1. The Morgan fingerprint density at radius 2 is 2.03 bits per heavy atom. The molecule has 3 aromatic rings. The molecule has 0 radical (unpaired) electrons. The molecule has 1 amide bonds. The number of aromatic nitrogens is 3. The first-order valence-electron chi connectivity index (χ1n) is 10.2. The lowest BCUT2D eigenvalue weighted by atomic mass is 9.95. The van der Waals surface area contributed by atoms with Gasteiger partial charge in [0.1, 0.15) is 5.82 Å².